The van der Waals surface area contributed by atoms with Gasteiger partial charge in [-0.05, 0) is 37.3 Å². The number of anilines is 2. The fraction of sp³-hybridized carbons (Fsp3) is 0.176. The Labute approximate surface area is 145 Å². The van der Waals surface area contributed by atoms with E-state index in [0.717, 1.165) is 0 Å². The molecule has 0 atom stereocenters. The third kappa shape index (κ3) is 3.63. The van der Waals surface area contributed by atoms with Crippen LogP contribution in [-0.4, -0.2) is 33.4 Å². The first-order valence-corrected chi connectivity index (χ1v) is 9.03. The lowest BCUT2D eigenvalue weighted by atomic mass is 10.2. The number of rotatable bonds is 5. The predicted molar refractivity (Wildman–Crippen MR) is 92.4 cm³/mol. The van der Waals surface area contributed by atoms with Gasteiger partial charge >= 0.3 is 6.09 Å². The van der Waals surface area contributed by atoms with Crippen molar-refractivity contribution in [3.63, 3.8) is 0 Å². The van der Waals surface area contributed by atoms with Gasteiger partial charge < -0.3 is 4.74 Å². The highest BCUT2D eigenvalue weighted by molar-refractivity contribution is 7.92. The van der Waals surface area contributed by atoms with Crippen molar-refractivity contribution in [2.45, 2.75) is 11.8 Å². The molecule has 0 bridgehead atoms. The van der Waals surface area contributed by atoms with Crippen LogP contribution in [0, 0.1) is 0 Å². The zero-order valence-electron chi connectivity index (χ0n) is 13.4. The minimum Gasteiger partial charge on any atom is -0.447 e. The molecule has 1 fully saturated rings. The lowest BCUT2D eigenvalue weighted by molar-refractivity contribution is 0.101. The van der Waals surface area contributed by atoms with Crippen LogP contribution in [0.25, 0.3) is 0 Å². The number of nitrogens with zero attached hydrogens (tertiary/aromatic N) is 1. The number of hydrogen-bond donors (Lipinski definition) is 1. The molecule has 1 heterocycles. The van der Waals surface area contributed by atoms with Crippen LogP contribution >= 0.6 is 0 Å². The third-order valence-electron chi connectivity index (χ3n) is 3.72. The van der Waals surface area contributed by atoms with Gasteiger partial charge in [0.15, 0.2) is 5.78 Å². The van der Waals surface area contributed by atoms with Crippen molar-refractivity contribution < 1.29 is 22.7 Å². The Morgan fingerprint density at radius 3 is 2.60 bits per heavy atom. The minimum absolute atomic E-state index is 0.00816. The largest absolute Gasteiger partial charge is 0.447 e. The first-order valence-electron chi connectivity index (χ1n) is 7.55. The molecule has 130 valence electrons. The predicted octanol–water partition coefficient (Wildman–Crippen LogP) is 2.65. The topological polar surface area (TPSA) is 92.8 Å². The maximum Gasteiger partial charge on any atom is 0.414 e. The average Bonchev–Trinajstić information content (AvgIpc) is 3.01. The lowest BCUT2D eigenvalue weighted by Crippen LogP contribution is -2.23. The number of hydrogen-bond acceptors (Lipinski definition) is 5. The maximum absolute atomic E-state index is 12.5. The molecule has 0 radical (unpaired) electrons. The normalized spacial score (nSPS) is 14.3. The Kier molecular flexibility index (Phi) is 4.45. The van der Waals surface area contributed by atoms with Crippen LogP contribution in [-0.2, 0) is 14.8 Å². The van der Waals surface area contributed by atoms with Gasteiger partial charge in [-0.3, -0.25) is 14.4 Å². The summed E-state index contributed by atoms with van der Waals surface area (Å²) in [5, 5.41) is 0. The van der Waals surface area contributed by atoms with Crippen molar-refractivity contribution in [3.8, 4) is 0 Å². The van der Waals surface area contributed by atoms with Gasteiger partial charge in [-0.1, -0.05) is 18.2 Å². The summed E-state index contributed by atoms with van der Waals surface area (Å²) in [6.07, 6.45) is -0.464. The highest BCUT2D eigenvalue weighted by Gasteiger charge is 2.24. The Balaban J connectivity index is 1.87. The molecule has 0 aromatic heterocycles. The van der Waals surface area contributed by atoms with Crippen LogP contribution in [0.15, 0.2) is 53.4 Å². The molecule has 8 heteroatoms. The Morgan fingerprint density at radius 1 is 1.16 bits per heavy atom. The highest BCUT2D eigenvalue weighted by atomic mass is 32.2. The molecule has 7 nitrogen and oxygen atoms in total. The van der Waals surface area contributed by atoms with Gasteiger partial charge in [0.1, 0.15) is 6.61 Å². The van der Waals surface area contributed by atoms with E-state index in [4.69, 9.17) is 4.74 Å². The van der Waals surface area contributed by atoms with E-state index in [1.165, 1.54) is 30.0 Å². The van der Waals surface area contributed by atoms with E-state index < -0.39 is 16.1 Å². The Morgan fingerprint density at radius 2 is 1.92 bits per heavy atom. The minimum atomic E-state index is -3.86. The van der Waals surface area contributed by atoms with Crippen LogP contribution in [0.1, 0.15) is 17.3 Å². The quantitative estimate of drug-likeness (QED) is 0.828. The Bertz CT molecular complexity index is 940. The van der Waals surface area contributed by atoms with E-state index in [0.29, 0.717) is 30.1 Å². The summed E-state index contributed by atoms with van der Waals surface area (Å²) < 4.78 is 32.4. The van der Waals surface area contributed by atoms with Crippen molar-refractivity contribution in [1.82, 2.24) is 0 Å². The van der Waals surface area contributed by atoms with Gasteiger partial charge in [-0.2, -0.15) is 0 Å². The van der Waals surface area contributed by atoms with Gasteiger partial charge in [0.2, 0.25) is 0 Å². The van der Waals surface area contributed by atoms with Crippen molar-refractivity contribution in [2.24, 2.45) is 0 Å². The van der Waals surface area contributed by atoms with Crippen molar-refractivity contribution in [2.75, 3.05) is 22.8 Å². The van der Waals surface area contributed by atoms with Crippen molar-refractivity contribution in [1.29, 1.82) is 0 Å². The van der Waals surface area contributed by atoms with E-state index in [9.17, 15) is 18.0 Å². The first kappa shape index (κ1) is 17.0. The van der Waals surface area contributed by atoms with Gasteiger partial charge in [-0.15, -0.1) is 0 Å². The zero-order chi connectivity index (χ0) is 18.0. The highest BCUT2D eigenvalue weighted by Crippen LogP contribution is 2.24. The fourth-order valence-electron chi connectivity index (χ4n) is 2.46. The number of benzene rings is 2. The number of carbonyl (C=O) groups excluding carboxylic acids is 2. The smallest absolute Gasteiger partial charge is 0.414 e. The molecule has 2 aromatic rings. The van der Waals surface area contributed by atoms with Gasteiger partial charge in [0.05, 0.1) is 17.1 Å². The molecule has 1 aliphatic heterocycles. The van der Waals surface area contributed by atoms with Crippen LogP contribution < -0.4 is 9.62 Å². The molecule has 1 saturated heterocycles. The van der Waals surface area contributed by atoms with E-state index in [1.54, 1.807) is 30.3 Å². The first-order chi connectivity index (χ1) is 11.9. The molecule has 0 spiro atoms. The molecule has 0 saturated carbocycles. The molecule has 2 aromatic carbocycles. The summed E-state index contributed by atoms with van der Waals surface area (Å²) in [5.74, 6) is -0.216. The number of nitrogens with one attached hydrogen (secondary N) is 1. The monoisotopic (exact) mass is 360 g/mol. The van der Waals surface area contributed by atoms with Gasteiger partial charge in [0, 0.05) is 11.3 Å². The summed E-state index contributed by atoms with van der Waals surface area (Å²) in [7, 11) is -3.86. The summed E-state index contributed by atoms with van der Waals surface area (Å²) in [4.78, 5) is 24.5. The summed E-state index contributed by atoms with van der Waals surface area (Å²) >= 11 is 0. The second kappa shape index (κ2) is 6.56. The zero-order valence-corrected chi connectivity index (χ0v) is 14.2. The molecule has 1 amide bonds. The van der Waals surface area contributed by atoms with Crippen LogP contribution in [0.4, 0.5) is 16.2 Å². The third-order valence-corrected chi connectivity index (χ3v) is 5.10. The number of ether oxygens (including phenoxy) is 1. The number of Topliss-reactive ketones (excluding diaryl/α,β-unsaturated/α-hetero) is 1. The number of amides is 1. The van der Waals surface area contributed by atoms with Crippen molar-refractivity contribution in [3.05, 3.63) is 54.1 Å². The van der Waals surface area contributed by atoms with Crippen LogP contribution in [0.2, 0.25) is 0 Å². The van der Waals surface area contributed by atoms with E-state index in [1.807, 2.05) is 0 Å². The van der Waals surface area contributed by atoms with Crippen LogP contribution in [0.3, 0.4) is 0 Å². The second-order valence-corrected chi connectivity index (χ2v) is 7.19. The number of ketones is 1. The van der Waals surface area contributed by atoms with Crippen molar-refractivity contribution >= 4 is 33.3 Å². The average molecular weight is 360 g/mol. The number of carbonyl (C=O) groups is 2. The standard InChI is InChI=1S/C17H16N2O5S/c1-12(20)13-4-2-7-16(10-13)25(22,23)18-14-5-3-6-15(11-14)19-8-9-24-17(19)21/h2-7,10-11,18H,8-9H2,1H3. The molecule has 25 heavy (non-hydrogen) atoms. The van der Waals surface area contributed by atoms with Gasteiger partial charge in [-0.25, -0.2) is 13.2 Å². The number of sulfonamides is 1. The molecule has 1 aliphatic rings. The summed E-state index contributed by atoms with van der Waals surface area (Å²) in [6, 6.07) is 12.3. The molecular formula is C17H16N2O5S. The fourth-order valence-corrected chi connectivity index (χ4v) is 3.56. The summed E-state index contributed by atoms with van der Waals surface area (Å²) in [6.45, 7) is 2.08. The molecule has 0 unspecified atom stereocenters. The number of cyclic esters (lactones) is 1. The van der Waals surface area contributed by atoms with E-state index in [2.05, 4.69) is 4.72 Å². The van der Waals surface area contributed by atoms with Crippen LogP contribution in [0.5, 0.6) is 0 Å². The van der Waals surface area contributed by atoms with E-state index >= 15 is 0 Å². The molecular weight excluding hydrogens is 344 g/mol. The Hall–Kier alpha value is -2.87. The van der Waals surface area contributed by atoms with Gasteiger partial charge in [0.25, 0.3) is 10.0 Å². The summed E-state index contributed by atoms with van der Waals surface area (Å²) in [5.41, 5.74) is 1.17. The second-order valence-electron chi connectivity index (χ2n) is 5.51. The molecule has 1 N–H and O–H groups in total. The molecule has 0 aliphatic carbocycles. The maximum atomic E-state index is 12.5. The van der Waals surface area contributed by atoms with E-state index in [-0.39, 0.29) is 10.7 Å². The molecule has 3 rings (SSSR count). The lowest BCUT2D eigenvalue weighted by Gasteiger charge is -2.15. The SMILES string of the molecule is CC(=O)c1cccc(S(=O)(=O)Nc2cccc(N3CCOC3=O)c2)c1.